The molecule has 2 aliphatic heterocycles. The highest BCUT2D eigenvalue weighted by atomic mass is 31.2. The first kappa shape index (κ1) is 25.3. The number of nitrogens with zero attached hydrogens (tertiary/aromatic N) is 1. The SMILES string of the molecule is CCOP(=O)(/C=C1\c2c(C)c(=O)[nH]c(=O)n2C2CC(O[Si](C)(C)C(C)(C)C)[C@@H]1O2)OCC. The van der Waals surface area contributed by atoms with E-state index in [9.17, 15) is 14.2 Å². The number of hydrogen-bond donors (Lipinski definition) is 1. The zero-order valence-electron chi connectivity index (χ0n) is 20.2. The minimum absolute atomic E-state index is 0.0327. The average Bonchev–Trinajstić information content (AvgIpc) is 2.99. The maximum Gasteiger partial charge on any atom is 0.354 e. The molecule has 0 spiro atoms. The number of fused-ring (bicyclic) bond motifs is 4. The van der Waals surface area contributed by atoms with Crippen LogP contribution in [-0.2, 0) is 22.8 Å². The fraction of sp³-hybridized carbons (Fsp3) is 0.714. The summed E-state index contributed by atoms with van der Waals surface area (Å²) in [5, 5.41) is -0.0327. The van der Waals surface area contributed by atoms with Gasteiger partial charge in [-0.2, -0.15) is 0 Å². The van der Waals surface area contributed by atoms with Crippen LogP contribution in [0.5, 0.6) is 0 Å². The van der Waals surface area contributed by atoms with Gasteiger partial charge in [0.05, 0.1) is 25.0 Å². The fourth-order valence-electron chi connectivity index (χ4n) is 3.92. The van der Waals surface area contributed by atoms with Crippen LogP contribution in [0.15, 0.2) is 15.4 Å². The number of hydrogen-bond acceptors (Lipinski definition) is 7. The van der Waals surface area contributed by atoms with Crippen molar-refractivity contribution in [3.63, 3.8) is 0 Å². The van der Waals surface area contributed by atoms with E-state index in [1.807, 2.05) is 0 Å². The molecule has 1 aromatic rings. The maximum atomic E-state index is 13.4. The van der Waals surface area contributed by atoms with Crippen molar-refractivity contribution in [3.8, 4) is 0 Å². The largest absolute Gasteiger partial charge is 0.411 e. The summed E-state index contributed by atoms with van der Waals surface area (Å²) in [6.07, 6.45) is -1.09. The summed E-state index contributed by atoms with van der Waals surface area (Å²) in [6, 6.07) is 0. The van der Waals surface area contributed by atoms with Crippen LogP contribution < -0.4 is 11.2 Å². The van der Waals surface area contributed by atoms with E-state index in [0.717, 1.165) is 0 Å². The molecule has 3 atom stereocenters. The molecule has 0 aliphatic carbocycles. The van der Waals surface area contributed by atoms with E-state index in [0.29, 0.717) is 23.3 Å². The number of H-pyrrole nitrogens is 1. The van der Waals surface area contributed by atoms with E-state index in [-0.39, 0.29) is 24.4 Å². The number of ether oxygens (including phenoxy) is 1. The van der Waals surface area contributed by atoms with Gasteiger partial charge in [-0.1, -0.05) is 20.8 Å². The summed E-state index contributed by atoms with van der Waals surface area (Å²) in [4.78, 5) is 27.6. The summed E-state index contributed by atoms with van der Waals surface area (Å²) in [6.45, 7) is 16.2. The van der Waals surface area contributed by atoms with Crippen molar-refractivity contribution in [2.45, 2.75) is 84.5 Å². The van der Waals surface area contributed by atoms with Crippen LogP contribution in [0.25, 0.3) is 5.57 Å². The monoisotopic (exact) mass is 486 g/mol. The first-order valence-electron chi connectivity index (χ1n) is 11.0. The average molecular weight is 487 g/mol. The van der Waals surface area contributed by atoms with Gasteiger partial charge in [0.2, 0.25) is 0 Å². The molecule has 0 radical (unpaired) electrons. The van der Waals surface area contributed by atoms with Crippen LogP contribution >= 0.6 is 7.60 Å². The van der Waals surface area contributed by atoms with Gasteiger partial charge in [0.25, 0.3) is 5.56 Å². The van der Waals surface area contributed by atoms with Gasteiger partial charge >= 0.3 is 13.3 Å². The maximum absolute atomic E-state index is 13.4. The van der Waals surface area contributed by atoms with Gasteiger partial charge < -0.3 is 18.2 Å². The minimum atomic E-state index is -3.65. The Labute approximate surface area is 189 Å². The summed E-state index contributed by atoms with van der Waals surface area (Å²) >= 11 is 0. The molecule has 9 nitrogen and oxygen atoms in total. The Morgan fingerprint density at radius 1 is 1.22 bits per heavy atom. The third-order valence-electron chi connectivity index (χ3n) is 6.49. The van der Waals surface area contributed by atoms with E-state index in [1.165, 1.54) is 10.4 Å². The Bertz CT molecular complexity index is 1060. The lowest BCUT2D eigenvalue weighted by molar-refractivity contribution is -0.000683. The van der Waals surface area contributed by atoms with Gasteiger partial charge in [-0.15, -0.1) is 0 Å². The lowest BCUT2D eigenvalue weighted by atomic mass is 10.0. The molecule has 3 rings (SSSR count). The molecule has 2 bridgehead atoms. The second-order valence-corrected chi connectivity index (χ2v) is 16.3. The van der Waals surface area contributed by atoms with Crippen molar-refractivity contribution >= 4 is 21.5 Å². The minimum Gasteiger partial charge on any atom is -0.411 e. The normalized spacial score (nSPS) is 24.8. The third-order valence-corrected chi connectivity index (χ3v) is 12.8. The quantitative estimate of drug-likeness (QED) is 0.456. The summed E-state index contributed by atoms with van der Waals surface area (Å²) < 4.78 is 38.7. The smallest absolute Gasteiger partial charge is 0.354 e. The van der Waals surface area contributed by atoms with Gasteiger partial charge in [0.1, 0.15) is 12.3 Å². The van der Waals surface area contributed by atoms with Crippen LogP contribution in [-0.4, -0.2) is 43.3 Å². The highest BCUT2D eigenvalue weighted by Gasteiger charge is 2.50. The van der Waals surface area contributed by atoms with Crippen LogP contribution in [0, 0.1) is 6.92 Å². The van der Waals surface area contributed by atoms with E-state index in [4.69, 9.17) is 18.2 Å². The highest BCUT2D eigenvalue weighted by Crippen LogP contribution is 2.55. The number of aromatic amines is 1. The van der Waals surface area contributed by atoms with Crippen LogP contribution in [0.4, 0.5) is 0 Å². The lowest BCUT2D eigenvalue weighted by Crippen LogP contribution is -2.46. The molecule has 2 aliphatic rings. The second-order valence-electron chi connectivity index (χ2n) is 9.73. The van der Waals surface area contributed by atoms with E-state index >= 15 is 0 Å². The molecular formula is C21H35N2O7PSi. The highest BCUT2D eigenvalue weighted by molar-refractivity contribution is 7.57. The van der Waals surface area contributed by atoms with Crippen LogP contribution in [0.3, 0.4) is 0 Å². The Kier molecular flexibility index (Phi) is 6.98. The first-order chi connectivity index (χ1) is 14.7. The molecule has 0 saturated carbocycles. The van der Waals surface area contributed by atoms with Gasteiger partial charge in [0.15, 0.2) is 8.32 Å². The van der Waals surface area contributed by atoms with Gasteiger partial charge in [0, 0.05) is 23.4 Å². The van der Waals surface area contributed by atoms with Crippen molar-refractivity contribution in [1.29, 1.82) is 0 Å². The number of rotatable bonds is 7. The predicted octanol–water partition coefficient (Wildman–Crippen LogP) is 4.14. The zero-order valence-corrected chi connectivity index (χ0v) is 22.1. The van der Waals surface area contributed by atoms with Crippen LogP contribution in [0.2, 0.25) is 18.1 Å². The zero-order chi connectivity index (χ0) is 24.1. The Hall–Kier alpha value is -1.29. The molecule has 32 heavy (non-hydrogen) atoms. The Balaban J connectivity index is 2.21. The van der Waals surface area contributed by atoms with Crippen molar-refractivity contribution in [2.75, 3.05) is 13.2 Å². The summed E-state index contributed by atoms with van der Waals surface area (Å²) in [5.74, 6) is 1.41. The second kappa shape index (κ2) is 8.81. The van der Waals surface area contributed by atoms with E-state index in [1.54, 1.807) is 20.8 Å². The summed E-state index contributed by atoms with van der Waals surface area (Å²) in [5.41, 5.74) is 0.134. The molecule has 11 heteroatoms. The topological polar surface area (TPSA) is 109 Å². The van der Waals surface area contributed by atoms with E-state index in [2.05, 4.69) is 38.8 Å². The molecule has 2 unspecified atom stereocenters. The molecule has 180 valence electrons. The van der Waals surface area contributed by atoms with Crippen molar-refractivity contribution in [3.05, 3.63) is 37.9 Å². The fourth-order valence-corrected chi connectivity index (χ4v) is 6.81. The standard InChI is InChI=1S/C21H35N2O7PSi/c1-9-27-31(26,28-10-2)12-14-17-13(3)19(24)22-20(25)23(17)16-11-15(18(14)29-16)30-32(7,8)21(4,5)6/h12,15-16,18H,9-11H2,1-8H3,(H,22,24,25)/b14-12+/t15?,16?,18-/m1/s1. The molecule has 1 fully saturated rings. The van der Waals surface area contributed by atoms with Crippen molar-refractivity contribution in [1.82, 2.24) is 9.55 Å². The molecule has 0 aromatic carbocycles. The van der Waals surface area contributed by atoms with E-state index < -0.39 is 39.5 Å². The van der Waals surface area contributed by atoms with Crippen molar-refractivity contribution < 1.29 is 22.8 Å². The third kappa shape index (κ3) is 4.54. The Morgan fingerprint density at radius 2 is 1.81 bits per heavy atom. The van der Waals surface area contributed by atoms with Gasteiger partial charge in [-0.3, -0.25) is 18.9 Å². The molecule has 3 heterocycles. The lowest BCUT2D eigenvalue weighted by Gasteiger charge is -2.39. The van der Waals surface area contributed by atoms with Crippen molar-refractivity contribution in [2.24, 2.45) is 0 Å². The predicted molar refractivity (Wildman–Crippen MR) is 125 cm³/mol. The Morgan fingerprint density at radius 3 is 2.34 bits per heavy atom. The van der Waals surface area contributed by atoms with Gasteiger partial charge in [-0.05, 0) is 38.9 Å². The molecule has 1 saturated heterocycles. The molecule has 0 amide bonds. The molecule has 1 aromatic heterocycles. The van der Waals surface area contributed by atoms with Crippen LogP contribution in [0.1, 0.15) is 58.5 Å². The molecule has 1 N–H and O–H groups in total. The summed E-state index contributed by atoms with van der Waals surface area (Å²) in [7, 11) is -5.84. The number of nitrogens with one attached hydrogen (secondary N) is 1. The first-order valence-corrected chi connectivity index (χ1v) is 15.6. The number of aromatic nitrogens is 2. The molecular weight excluding hydrogens is 451 g/mol. The van der Waals surface area contributed by atoms with Gasteiger partial charge in [-0.25, -0.2) is 4.79 Å².